The Kier molecular flexibility index (Phi) is 3.72. The summed E-state index contributed by atoms with van der Waals surface area (Å²) in [5, 5.41) is 14.2. The van der Waals surface area contributed by atoms with Crippen molar-refractivity contribution in [2.24, 2.45) is 5.92 Å². The average Bonchev–Trinajstić information content (AvgIpc) is 2.63. The number of aromatic nitrogens is 3. The monoisotopic (exact) mass is 208 g/mol. The minimum atomic E-state index is 0.377. The maximum Gasteiger partial charge on any atom is 0.0996 e. The van der Waals surface area contributed by atoms with E-state index in [0.717, 1.165) is 11.6 Å². The van der Waals surface area contributed by atoms with Gasteiger partial charge in [0.1, 0.15) is 0 Å². The molecule has 1 aromatic rings. The van der Waals surface area contributed by atoms with Crippen LogP contribution in [-0.2, 0) is 0 Å². The molecule has 0 bridgehead atoms. The molecule has 15 heavy (non-hydrogen) atoms. The van der Waals surface area contributed by atoms with Crippen LogP contribution in [-0.4, -0.2) is 22.5 Å². The van der Waals surface area contributed by atoms with Gasteiger partial charge in [-0.15, -0.1) is 0 Å². The second kappa shape index (κ2) is 5.26. The summed E-state index contributed by atoms with van der Waals surface area (Å²) in [5.41, 5.74) is 1.06. The molecule has 1 fully saturated rings. The molecule has 1 aliphatic carbocycles. The third-order valence-corrected chi connectivity index (χ3v) is 3.43. The highest BCUT2D eigenvalue weighted by atomic mass is 15.3. The lowest BCUT2D eigenvalue weighted by Gasteiger charge is -2.23. The van der Waals surface area contributed by atoms with E-state index < -0.39 is 0 Å². The van der Waals surface area contributed by atoms with Gasteiger partial charge in [0.25, 0.3) is 0 Å². The van der Waals surface area contributed by atoms with Gasteiger partial charge in [-0.05, 0) is 25.8 Å². The van der Waals surface area contributed by atoms with Crippen molar-refractivity contribution >= 4 is 0 Å². The van der Waals surface area contributed by atoms with E-state index in [2.05, 4.69) is 20.7 Å². The molecule has 4 nitrogen and oxygen atoms in total. The zero-order valence-electron chi connectivity index (χ0n) is 9.37. The number of aromatic amines is 1. The molecule has 2 rings (SSSR count). The molecule has 1 aliphatic rings. The molecule has 0 spiro atoms. The lowest BCUT2D eigenvalue weighted by molar-refractivity contribution is 0.335. The Balaban J connectivity index is 2.04. The first-order chi connectivity index (χ1) is 7.42. The Bertz CT molecular complexity index is 262. The zero-order chi connectivity index (χ0) is 10.5. The van der Waals surface area contributed by atoms with Gasteiger partial charge < -0.3 is 5.32 Å². The van der Waals surface area contributed by atoms with Crippen molar-refractivity contribution in [2.45, 2.75) is 44.6 Å². The van der Waals surface area contributed by atoms with E-state index in [4.69, 9.17) is 0 Å². The predicted octanol–water partition coefficient (Wildman–Crippen LogP) is 2.04. The molecule has 0 amide bonds. The third-order valence-electron chi connectivity index (χ3n) is 3.43. The normalized spacial score (nSPS) is 21.1. The molecule has 0 aliphatic heterocycles. The first-order valence-electron chi connectivity index (χ1n) is 5.94. The van der Waals surface area contributed by atoms with Gasteiger partial charge in [-0.2, -0.15) is 15.4 Å². The number of hydrogen-bond donors (Lipinski definition) is 2. The van der Waals surface area contributed by atoms with Crippen LogP contribution < -0.4 is 5.32 Å². The molecule has 4 heteroatoms. The molecule has 84 valence electrons. The molecule has 1 aromatic heterocycles. The van der Waals surface area contributed by atoms with Crippen LogP contribution in [0.4, 0.5) is 0 Å². The summed E-state index contributed by atoms with van der Waals surface area (Å²) in [6.07, 6.45) is 9.99. The smallest absolute Gasteiger partial charge is 0.0996 e. The fourth-order valence-electron chi connectivity index (χ4n) is 2.63. The van der Waals surface area contributed by atoms with E-state index in [1.54, 1.807) is 0 Å². The van der Waals surface area contributed by atoms with E-state index in [9.17, 15) is 0 Å². The number of rotatable bonds is 3. The third kappa shape index (κ3) is 2.56. The number of H-pyrrole nitrogens is 1. The van der Waals surface area contributed by atoms with Gasteiger partial charge in [0.05, 0.1) is 17.9 Å². The lowest BCUT2D eigenvalue weighted by Crippen LogP contribution is -2.25. The van der Waals surface area contributed by atoms with Crippen LogP contribution in [0.3, 0.4) is 0 Å². The molecule has 1 heterocycles. The summed E-state index contributed by atoms with van der Waals surface area (Å²) in [6.45, 7) is 0. The summed E-state index contributed by atoms with van der Waals surface area (Å²) >= 11 is 0. The van der Waals surface area contributed by atoms with Crippen molar-refractivity contribution in [3.05, 3.63) is 11.9 Å². The number of nitrogens with one attached hydrogen (secondary N) is 2. The Morgan fingerprint density at radius 1 is 1.33 bits per heavy atom. The molecule has 0 saturated heterocycles. The molecule has 0 aromatic carbocycles. The largest absolute Gasteiger partial charge is 0.311 e. The summed E-state index contributed by atoms with van der Waals surface area (Å²) in [4.78, 5) is 0. The molecule has 2 N–H and O–H groups in total. The predicted molar refractivity (Wildman–Crippen MR) is 59.4 cm³/mol. The van der Waals surface area contributed by atoms with Gasteiger partial charge in [0, 0.05) is 0 Å². The molecule has 1 saturated carbocycles. The van der Waals surface area contributed by atoms with Crippen LogP contribution in [0.15, 0.2) is 6.20 Å². The maximum atomic E-state index is 4.19. The van der Waals surface area contributed by atoms with Gasteiger partial charge in [0.2, 0.25) is 0 Å². The van der Waals surface area contributed by atoms with Crippen LogP contribution in [0.2, 0.25) is 0 Å². The van der Waals surface area contributed by atoms with Gasteiger partial charge in [-0.1, -0.05) is 25.7 Å². The Morgan fingerprint density at radius 3 is 2.60 bits per heavy atom. The minimum Gasteiger partial charge on any atom is -0.311 e. The van der Waals surface area contributed by atoms with Crippen molar-refractivity contribution in [2.75, 3.05) is 7.05 Å². The summed E-state index contributed by atoms with van der Waals surface area (Å²) < 4.78 is 0. The van der Waals surface area contributed by atoms with Gasteiger partial charge in [-0.25, -0.2) is 0 Å². The molecule has 1 unspecified atom stereocenters. The van der Waals surface area contributed by atoms with Crippen LogP contribution in [0.5, 0.6) is 0 Å². The Hall–Kier alpha value is -0.900. The van der Waals surface area contributed by atoms with E-state index in [0.29, 0.717) is 6.04 Å². The quantitative estimate of drug-likeness (QED) is 0.747. The van der Waals surface area contributed by atoms with Crippen LogP contribution in [0.25, 0.3) is 0 Å². The average molecular weight is 208 g/mol. The highest BCUT2D eigenvalue weighted by Crippen LogP contribution is 2.32. The van der Waals surface area contributed by atoms with E-state index >= 15 is 0 Å². The first-order valence-corrected chi connectivity index (χ1v) is 5.94. The Morgan fingerprint density at radius 2 is 2.07 bits per heavy atom. The molecule has 0 radical (unpaired) electrons. The van der Waals surface area contributed by atoms with E-state index in [1.807, 2.05) is 13.2 Å². The van der Waals surface area contributed by atoms with E-state index in [-0.39, 0.29) is 0 Å². The molecular formula is C11H20N4. The van der Waals surface area contributed by atoms with Gasteiger partial charge in [0.15, 0.2) is 0 Å². The topological polar surface area (TPSA) is 53.6 Å². The Labute approximate surface area is 90.8 Å². The summed E-state index contributed by atoms with van der Waals surface area (Å²) in [6, 6.07) is 0.377. The highest BCUT2D eigenvalue weighted by Gasteiger charge is 2.24. The standard InChI is InChI=1S/C11H20N4/c1-12-11(10-8-13-15-14-10)9-6-4-2-3-5-7-9/h8-9,11-12H,2-7H2,1H3,(H,13,14,15). The van der Waals surface area contributed by atoms with Crippen molar-refractivity contribution in [1.82, 2.24) is 20.7 Å². The number of hydrogen-bond acceptors (Lipinski definition) is 3. The molecular weight excluding hydrogens is 188 g/mol. The maximum absolute atomic E-state index is 4.19. The lowest BCUT2D eigenvalue weighted by atomic mass is 9.90. The van der Waals surface area contributed by atoms with Gasteiger partial charge in [-0.3, -0.25) is 0 Å². The fraction of sp³-hybridized carbons (Fsp3) is 0.818. The summed E-state index contributed by atoms with van der Waals surface area (Å²) in [5.74, 6) is 0.725. The van der Waals surface area contributed by atoms with Crippen LogP contribution in [0.1, 0.15) is 50.3 Å². The second-order valence-corrected chi connectivity index (χ2v) is 4.41. The first kappa shape index (κ1) is 10.6. The van der Waals surface area contributed by atoms with Crippen molar-refractivity contribution in [3.8, 4) is 0 Å². The molecule has 1 atom stereocenters. The second-order valence-electron chi connectivity index (χ2n) is 4.41. The SMILES string of the molecule is CNC(c1cn[nH]n1)C1CCCCCC1. The summed E-state index contributed by atoms with van der Waals surface area (Å²) in [7, 11) is 2.02. The van der Waals surface area contributed by atoms with Crippen LogP contribution in [0, 0.1) is 5.92 Å². The van der Waals surface area contributed by atoms with Crippen molar-refractivity contribution < 1.29 is 0 Å². The zero-order valence-corrected chi connectivity index (χ0v) is 9.37. The minimum absolute atomic E-state index is 0.377. The fourth-order valence-corrected chi connectivity index (χ4v) is 2.63. The highest BCUT2D eigenvalue weighted by molar-refractivity contribution is 5.01. The van der Waals surface area contributed by atoms with Crippen molar-refractivity contribution in [3.63, 3.8) is 0 Å². The number of nitrogens with zero attached hydrogens (tertiary/aromatic N) is 2. The van der Waals surface area contributed by atoms with Crippen LogP contribution >= 0.6 is 0 Å². The van der Waals surface area contributed by atoms with Gasteiger partial charge >= 0.3 is 0 Å². The van der Waals surface area contributed by atoms with E-state index in [1.165, 1.54) is 38.5 Å². The van der Waals surface area contributed by atoms with Crippen molar-refractivity contribution in [1.29, 1.82) is 0 Å².